The van der Waals surface area contributed by atoms with Gasteiger partial charge in [0, 0.05) is 43.7 Å². The number of fused-ring (bicyclic) bond motifs is 2. The van der Waals surface area contributed by atoms with Crippen LogP contribution in [0.4, 0.5) is 16.2 Å². The van der Waals surface area contributed by atoms with E-state index in [0.29, 0.717) is 30.3 Å². The fraction of sp³-hybridized carbons (Fsp3) is 0.390. The number of carbonyl (C=O) groups excluding carboxylic acids is 3. The predicted molar refractivity (Wildman–Crippen MR) is 201 cm³/mol. The summed E-state index contributed by atoms with van der Waals surface area (Å²) in [6.07, 6.45) is 2.17. The molecule has 0 aromatic heterocycles. The summed E-state index contributed by atoms with van der Waals surface area (Å²) in [6, 6.07) is 27.2. The van der Waals surface area contributed by atoms with Gasteiger partial charge in [-0.2, -0.15) is 0 Å². The number of benzene rings is 4. The minimum atomic E-state index is -0.525. The van der Waals surface area contributed by atoms with Crippen molar-refractivity contribution in [3.63, 3.8) is 0 Å². The van der Waals surface area contributed by atoms with Gasteiger partial charge in [0.2, 0.25) is 5.91 Å². The molecule has 0 saturated heterocycles. The zero-order chi connectivity index (χ0) is 36.3. The molecule has 0 radical (unpaired) electrons. The molecule has 0 saturated carbocycles. The third kappa shape index (κ3) is 10.1. The molecule has 51 heavy (non-hydrogen) atoms. The van der Waals surface area contributed by atoms with Crippen LogP contribution in [0.2, 0.25) is 0 Å². The molecule has 10 nitrogen and oxygen atoms in total. The van der Waals surface area contributed by atoms with E-state index in [0.717, 1.165) is 35.6 Å². The number of urea groups is 1. The first-order chi connectivity index (χ1) is 24.6. The second-order valence-electron chi connectivity index (χ2n) is 13.6. The van der Waals surface area contributed by atoms with E-state index in [9.17, 15) is 19.5 Å². The highest BCUT2D eigenvalue weighted by atomic mass is 16.5. The van der Waals surface area contributed by atoms with Gasteiger partial charge < -0.3 is 35.0 Å². The van der Waals surface area contributed by atoms with E-state index in [1.54, 1.807) is 42.0 Å². The van der Waals surface area contributed by atoms with Crippen molar-refractivity contribution < 1.29 is 29.0 Å². The standard InChI is InChI=1S/C41H50N4O6/c1-28-25-45(29(2)27-46)40(48)35-24-33(42-41(49)43-36-19-12-17-32-16-8-9-18-34(32)36)20-21-37(35)51-30(3)13-10-11-22-50-38(28)26-44(4)39(47)23-31-14-6-5-7-15-31/h5-9,12,14-21,24,28-30,38,46H,10-11,13,22-23,25-27H2,1-4H3,(H2,42,43,49)/t28-,29+,30-,38-/m1/s1. The fourth-order valence-corrected chi connectivity index (χ4v) is 6.36. The summed E-state index contributed by atoms with van der Waals surface area (Å²) in [5.41, 5.74) is 2.31. The Morgan fingerprint density at radius 3 is 2.49 bits per heavy atom. The predicted octanol–water partition coefficient (Wildman–Crippen LogP) is 6.98. The van der Waals surface area contributed by atoms with Gasteiger partial charge in [-0.15, -0.1) is 0 Å². The van der Waals surface area contributed by atoms with E-state index < -0.39 is 12.1 Å². The number of anilines is 2. The molecule has 0 fully saturated rings. The van der Waals surface area contributed by atoms with E-state index in [2.05, 4.69) is 10.6 Å². The molecule has 270 valence electrons. The van der Waals surface area contributed by atoms with Gasteiger partial charge in [0.15, 0.2) is 0 Å². The molecule has 10 heteroatoms. The molecule has 1 aliphatic heterocycles. The number of rotatable bonds is 8. The Morgan fingerprint density at radius 1 is 0.961 bits per heavy atom. The summed E-state index contributed by atoms with van der Waals surface area (Å²) in [6.45, 7) is 6.65. The number of amides is 4. The number of hydrogen-bond acceptors (Lipinski definition) is 6. The van der Waals surface area contributed by atoms with Crippen LogP contribution < -0.4 is 15.4 Å². The highest BCUT2D eigenvalue weighted by Gasteiger charge is 2.31. The first-order valence-electron chi connectivity index (χ1n) is 17.8. The van der Waals surface area contributed by atoms with Crippen molar-refractivity contribution in [3.05, 3.63) is 102 Å². The van der Waals surface area contributed by atoms with Gasteiger partial charge in [0.1, 0.15) is 5.75 Å². The number of aliphatic hydroxyl groups is 1. The number of aliphatic hydroxyl groups excluding tert-OH is 1. The Morgan fingerprint density at radius 2 is 1.71 bits per heavy atom. The molecule has 0 unspecified atom stereocenters. The molecular weight excluding hydrogens is 644 g/mol. The monoisotopic (exact) mass is 694 g/mol. The van der Waals surface area contributed by atoms with E-state index in [-0.39, 0.29) is 55.1 Å². The number of nitrogens with one attached hydrogen (secondary N) is 2. The molecule has 3 N–H and O–H groups in total. The second kappa shape index (κ2) is 17.8. The molecule has 0 aliphatic carbocycles. The third-order valence-electron chi connectivity index (χ3n) is 9.42. The van der Waals surface area contributed by atoms with Crippen LogP contribution in [-0.2, 0) is 16.0 Å². The topological polar surface area (TPSA) is 120 Å². The number of hydrogen-bond donors (Lipinski definition) is 3. The first kappa shape index (κ1) is 37.3. The lowest BCUT2D eigenvalue weighted by atomic mass is 10.0. The first-order valence-corrected chi connectivity index (χ1v) is 17.8. The van der Waals surface area contributed by atoms with Crippen LogP contribution in [0.1, 0.15) is 56.0 Å². The van der Waals surface area contributed by atoms with Crippen molar-refractivity contribution in [2.75, 3.05) is 44.0 Å². The highest BCUT2D eigenvalue weighted by Crippen LogP contribution is 2.29. The molecule has 0 spiro atoms. The maximum Gasteiger partial charge on any atom is 0.323 e. The van der Waals surface area contributed by atoms with Gasteiger partial charge >= 0.3 is 6.03 Å². The van der Waals surface area contributed by atoms with Crippen molar-refractivity contribution in [3.8, 4) is 5.75 Å². The molecule has 4 aromatic rings. The average Bonchev–Trinajstić information content (AvgIpc) is 3.13. The fourth-order valence-electron chi connectivity index (χ4n) is 6.36. The molecule has 4 atom stereocenters. The van der Waals surface area contributed by atoms with Crippen molar-refractivity contribution in [1.29, 1.82) is 0 Å². The highest BCUT2D eigenvalue weighted by molar-refractivity contribution is 6.07. The Kier molecular flexibility index (Phi) is 13.0. The normalized spacial score (nSPS) is 19.3. The maximum atomic E-state index is 14.5. The van der Waals surface area contributed by atoms with E-state index in [1.165, 1.54) is 0 Å². The summed E-state index contributed by atoms with van der Waals surface area (Å²) >= 11 is 0. The minimum Gasteiger partial charge on any atom is -0.490 e. The van der Waals surface area contributed by atoms with Crippen LogP contribution in [0.3, 0.4) is 0 Å². The lowest BCUT2D eigenvalue weighted by Gasteiger charge is -2.36. The average molecular weight is 695 g/mol. The number of carbonyl (C=O) groups is 3. The van der Waals surface area contributed by atoms with Gasteiger partial charge in [-0.05, 0) is 68.3 Å². The van der Waals surface area contributed by atoms with Crippen LogP contribution >= 0.6 is 0 Å². The van der Waals surface area contributed by atoms with E-state index >= 15 is 0 Å². The Hall–Kier alpha value is -4.93. The second-order valence-corrected chi connectivity index (χ2v) is 13.6. The zero-order valence-corrected chi connectivity index (χ0v) is 30.0. The molecule has 5 rings (SSSR count). The lowest BCUT2D eigenvalue weighted by Crippen LogP contribution is -2.48. The molecule has 4 amide bonds. The van der Waals surface area contributed by atoms with Gasteiger partial charge in [-0.1, -0.05) is 73.7 Å². The molecule has 0 bridgehead atoms. The quantitative estimate of drug-likeness (QED) is 0.183. The SMILES string of the molecule is C[C@@H]1CCCCO[C@H](CN(C)C(=O)Cc2ccccc2)[C@H](C)CN([C@@H](C)CO)C(=O)c2cc(NC(=O)Nc3cccc4ccccc34)ccc2O1. The Bertz CT molecular complexity index is 1780. The van der Waals surface area contributed by atoms with Crippen molar-refractivity contribution >= 4 is 40.0 Å². The van der Waals surface area contributed by atoms with Crippen LogP contribution in [0.5, 0.6) is 5.75 Å². The smallest absolute Gasteiger partial charge is 0.323 e. The van der Waals surface area contributed by atoms with E-state index in [4.69, 9.17) is 9.47 Å². The molecule has 1 heterocycles. The van der Waals surface area contributed by atoms with Crippen molar-refractivity contribution in [2.45, 2.75) is 64.7 Å². The summed E-state index contributed by atoms with van der Waals surface area (Å²) in [5.74, 6) is -0.133. The number of nitrogens with zero attached hydrogens (tertiary/aromatic N) is 2. The van der Waals surface area contributed by atoms with Crippen molar-refractivity contribution in [2.24, 2.45) is 5.92 Å². The van der Waals surface area contributed by atoms with Crippen LogP contribution in [0.25, 0.3) is 10.8 Å². The number of ether oxygens (including phenoxy) is 2. The van der Waals surface area contributed by atoms with Gasteiger partial charge in [-0.25, -0.2) is 4.79 Å². The third-order valence-corrected chi connectivity index (χ3v) is 9.42. The molecule has 4 aromatic carbocycles. The number of likely N-dealkylation sites (N-methyl/N-ethyl adjacent to an activating group) is 1. The van der Waals surface area contributed by atoms with Crippen LogP contribution in [0.15, 0.2) is 91.0 Å². The molecular formula is C41H50N4O6. The summed E-state index contributed by atoms with van der Waals surface area (Å²) in [5, 5.41) is 18.0. The van der Waals surface area contributed by atoms with Crippen molar-refractivity contribution in [1.82, 2.24) is 9.80 Å². The van der Waals surface area contributed by atoms with Gasteiger partial charge in [0.05, 0.1) is 42.5 Å². The largest absolute Gasteiger partial charge is 0.490 e. The van der Waals surface area contributed by atoms with Gasteiger partial charge in [-0.3, -0.25) is 9.59 Å². The summed E-state index contributed by atoms with van der Waals surface area (Å²) < 4.78 is 12.7. The maximum absolute atomic E-state index is 14.5. The summed E-state index contributed by atoms with van der Waals surface area (Å²) in [4.78, 5) is 44.2. The lowest BCUT2D eigenvalue weighted by molar-refractivity contribution is -0.131. The Balaban J connectivity index is 1.38. The molecule has 1 aliphatic rings. The Labute approximate surface area is 300 Å². The zero-order valence-electron chi connectivity index (χ0n) is 30.0. The minimum absolute atomic E-state index is 0.0162. The van der Waals surface area contributed by atoms with Gasteiger partial charge in [0.25, 0.3) is 5.91 Å². The summed E-state index contributed by atoms with van der Waals surface area (Å²) in [7, 11) is 1.78. The van der Waals surface area contributed by atoms with Crippen LogP contribution in [-0.4, -0.2) is 84.4 Å². The van der Waals surface area contributed by atoms with Crippen LogP contribution in [0, 0.1) is 5.92 Å². The van der Waals surface area contributed by atoms with E-state index in [1.807, 2.05) is 86.6 Å².